The van der Waals surface area contributed by atoms with Gasteiger partial charge < -0.3 is 14.9 Å². The number of carbonyl (C=O) groups excluding carboxylic acids is 1. The van der Waals surface area contributed by atoms with E-state index in [4.69, 9.17) is 4.74 Å². The van der Waals surface area contributed by atoms with Gasteiger partial charge in [0.15, 0.2) is 0 Å². The highest BCUT2D eigenvalue weighted by atomic mass is 16.5. The van der Waals surface area contributed by atoms with Crippen LogP contribution in [0, 0.1) is 13.8 Å². The van der Waals surface area contributed by atoms with Gasteiger partial charge in [0, 0.05) is 17.0 Å². The third-order valence-electron chi connectivity index (χ3n) is 6.15. The molecule has 1 aliphatic rings. The molecule has 0 unspecified atom stereocenters. The summed E-state index contributed by atoms with van der Waals surface area (Å²) in [5.74, 6) is -3.04. The van der Waals surface area contributed by atoms with Gasteiger partial charge in [-0.3, -0.25) is 15.0 Å². The first-order valence-corrected chi connectivity index (χ1v) is 11.3. The van der Waals surface area contributed by atoms with Gasteiger partial charge in [-0.1, -0.05) is 48.5 Å². The lowest BCUT2D eigenvalue weighted by Gasteiger charge is -2.39. The van der Waals surface area contributed by atoms with Crippen molar-refractivity contribution in [1.82, 2.24) is 15.3 Å². The van der Waals surface area contributed by atoms with Crippen LogP contribution in [0.25, 0.3) is 0 Å². The van der Waals surface area contributed by atoms with Crippen LogP contribution in [0.1, 0.15) is 29.4 Å². The fourth-order valence-electron chi connectivity index (χ4n) is 4.60. The Labute approximate surface area is 207 Å². The van der Waals surface area contributed by atoms with Crippen molar-refractivity contribution in [1.29, 1.82) is 0 Å². The van der Waals surface area contributed by atoms with Crippen molar-refractivity contribution in [3.05, 3.63) is 83.2 Å². The topological polar surface area (TPSA) is 142 Å². The van der Waals surface area contributed by atoms with Crippen LogP contribution in [-0.2, 0) is 19.9 Å². The van der Waals surface area contributed by atoms with Gasteiger partial charge in [-0.2, -0.15) is 0 Å². The van der Waals surface area contributed by atoms with E-state index in [9.17, 15) is 24.6 Å². The number of nitrogens with one attached hydrogen (secondary N) is 1. The van der Waals surface area contributed by atoms with E-state index in [0.29, 0.717) is 22.5 Å². The van der Waals surface area contributed by atoms with Gasteiger partial charge in [0.2, 0.25) is 12.0 Å². The predicted molar refractivity (Wildman–Crippen MR) is 130 cm³/mol. The first kappa shape index (κ1) is 24.8. The summed E-state index contributed by atoms with van der Waals surface area (Å²) in [7, 11) is 0. The van der Waals surface area contributed by atoms with Crippen molar-refractivity contribution in [2.75, 3.05) is 11.4 Å². The van der Waals surface area contributed by atoms with Gasteiger partial charge >= 0.3 is 17.9 Å². The Morgan fingerprint density at radius 1 is 1.00 bits per heavy atom. The monoisotopic (exact) mass is 490 g/mol. The van der Waals surface area contributed by atoms with E-state index in [1.54, 1.807) is 74.5 Å². The Bertz CT molecular complexity index is 1290. The first-order valence-electron chi connectivity index (χ1n) is 11.3. The molecule has 0 aliphatic carbocycles. The molecule has 0 spiro atoms. The van der Waals surface area contributed by atoms with Crippen molar-refractivity contribution in [2.24, 2.45) is 0 Å². The molecule has 0 saturated heterocycles. The molecule has 0 bridgehead atoms. The number of benzene rings is 2. The Morgan fingerprint density at radius 2 is 1.61 bits per heavy atom. The maximum Gasteiger partial charge on any atom is 0.347 e. The van der Waals surface area contributed by atoms with Crippen LogP contribution in [0.5, 0.6) is 6.01 Å². The lowest BCUT2D eigenvalue weighted by molar-refractivity contribution is -0.149. The number of hydrogen-bond donors (Lipinski definition) is 3. The average Bonchev–Trinajstić information content (AvgIpc) is 2.96. The molecule has 3 N–H and O–H groups in total. The number of carbonyl (C=O) groups is 3. The highest BCUT2D eigenvalue weighted by molar-refractivity contribution is 6.02. The van der Waals surface area contributed by atoms with Crippen LogP contribution in [-0.4, -0.2) is 56.7 Å². The zero-order chi connectivity index (χ0) is 26.0. The van der Waals surface area contributed by atoms with E-state index >= 15 is 0 Å². The van der Waals surface area contributed by atoms with Gasteiger partial charge in [0.1, 0.15) is 11.6 Å². The number of aromatic nitrogens is 2. The summed E-state index contributed by atoms with van der Waals surface area (Å²) < 4.78 is 6.00. The van der Waals surface area contributed by atoms with E-state index in [0.717, 1.165) is 0 Å². The van der Waals surface area contributed by atoms with Crippen molar-refractivity contribution < 1.29 is 29.3 Å². The number of carboxylic acid groups (broad SMARTS) is 2. The van der Waals surface area contributed by atoms with Gasteiger partial charge in [0.05, 0.1) is 12.2 Å². The number of aryl methyl sites for hydroxylation is 2. The number of amides is 1. The normalized spacial score (nSPS) is 19.1. The quantitative estimate of drug-likeness (QED) is 0.455. The van der Waals surface area contributed by atoms with Crippen molar-refractivity contribution >= 4 is 23.5 Å². The number of carboxylic acids is 2. The van der Waals surface area contributed by atoms with Crippen LogP contribution < -0.4 is 15.0 Å². The summed E-state index contributed by atoms with van der Waals surface area (Å²) in [5, 5.41) is 23.3. The second kappa shape index (κ2) is 9.74. The SMILES string of the molecule is Cc1cc(C)nc(O[C@H](C(=O)O)[C@@]2(c3ccccc3)NCC(=O)N([C@H](C)C(=O)O)c3ccccc32)n1. The molecule has 3 aromatic rings. The number of para-hydroxylation sites is 1. The first-order chi connectivity index (χ1) is 17.1. The molecule has 3 atom stereocenters. The van der Waals surface area contributed by atoms with Crippen LogP contribution in [0.15, 0.2) is 60.7 Å². The minimum absolute atomic E-state index is 0.124. The van der Waals surface area contributed by atoms with E-state index in [-0.39, 0.29) is 18.2 Å². The number of rotatable bonds is 7. The minimum Gasteiger partial charge on any atom is -0.480 e. The Hall–Kier alpha value is -4.31. The molecule has 2 heterocycles. The smallest absolute Gasteiger partial charge is 0.347 e. The Kier molecular flexibility index (Phi) is 6.71. The van der Waals surface area contributed by atoms with Crippen LogP contribution >= 0.6 is 0 Å². The molecule has 4 rings (SSSR count). The largest absolute Gasteiger partial charge is 0.480 e. The van der Waals surface area contributed by atoms with Gasteiger partial charge in [-0.25, -0.2) is 19.6 Å². The summed E-state index contributed by atoms with van der Waals surface area (Å²) in [5.41, 5.74) is 0.733. The lowest BCUT2D eigenvalue weighted by atomic mass is 9.77. The minimum atomic E-state index is -1.63. The number of fused-ring (bicyclic) bond motifs is 1. The molecule has 2 aromatic carbocycles. The summed E-state index contributed by atoms with van der Waals surface area (Å²) >= 11 is 0. The maximum atomic E-state index is 13.3. The highest BCUT2D eigenvalue weighted by Crippen LogP contribution is 2.42. The maximum absolute atomic E-state index is 13.3. The summed E-state index contributed by atoms with van der Waals surface area (Å²) in [6.45, 7) is 4.55. The van der Waals surface area contributed by atoms with Crippen LogP contribution in [0.3, 0.4) is 0 Å². The van der Waals surface area contributed by atoms with E-state index in [1.807, 2.05) is 0 Å². The van der Waals surface area contributed by atoms with Crippen LogP contribution in [0.4, 0.5) is 5.69 Å². The molecule has 1 aliphatic heterocycles. The van der Waals surface area contributed by atoms with Crippen molar-refractivity contribution in [2.45, 2.75) is 38.5 Å². The molecule has 186 valence electrons. The second-order valence-corrected chi connectivity index (χ2v) is 8.59. The number of nitrogens with zero attached hydrogens (tertiary/aromatic N) is 3. The molecule has 10 heteroatoms. The summed E-state index contributed by atoms with van der Waals surface area (Å²) in [4.78, 5) is 47.7. The lowest BCUT2D eigenvalue weighted by Crippen LogP contribution is -2.58. The predicted octanol–water partition coefficient (Wildman–Crippen LogP) is 2.28. The van der Waals surface area contributed by atoms with Crippen molar-refractivity contribution in [3.63, 3.8) is 0 Å². The number of aliphatic carboxylic acids is 2. The average molecular weight is 491 g/mol. The Morgan fingerprint density at radius 3 is 2.22 bits per heavy atom. The standard InChI is InChI=1S/C26H26N4O6/c1-15-13-16(2)29-25(28-15)36-22(24(34)35)26(18-9-5-4-6-10-18)19-11-7-8-12-20(19)30(17(3)23(32)33)21(31)14-27-26/h4-13,17,22,27H,14H2,1-3H3,(H,32,33)(H,34,35)/t17-,22-,26+/m1/s1. The summed E-state index contributed by atoms with van der Waals surface area (Å²) in [6.07, 6.45) is -1.63. The molecule has 0 fully saturated rings. The molecular formula is C26H26N4O6. The Balaban J connectivity index is 2.01. The number of ether oxygens (including phenoxy) is 1. The van der Waals surface area contributed by atoms with E-state index in [2.05, 4.69) is 15.3 Å². The summed E-state index contributed by atoms with van der Waals surface area (Å²) in [6, 6.07) is 15.8. The molecule has 10 nitrogen and oxygen atoms in total. The highest BCUT2D eigenvalue weighted by Gasteiger charge is 2.52. The fraction of sp³-hybridized carbons (Fsp3) is 0.269. The molecular weight excluding hydrogens is 464 g/mol. The molecule has 0 radical (unpaired) electrons. The zero-order valence-electron chi connectivity index (χ0n) is 20.0. The zero-order valence-corrected chi connectivity index (χ0v) is 20.0. The van der Waals surface area contributed by atoms with Gasteiger partial charge in [0.25, 0.3) is 0 Å². The molecule has 0 saturated carbocycles. The fourth-order valence-corrected chi connectivity index (χ4v) is 4.60. The van der Waals surface area contributed by atoms with Gasteiger partial charge in [-0.15, -0.1) is 0 Å². The second-order valence-electron chi connectivity index (χ2n) is 8.59. The van der Waals surface area contributed by atoms with Crippen LogP contribution in [0.2, 0.25) is 0 Å². The van der Waals surface area contributed by atoms with E-state index in [1.165, 1.54) is 11.8 Å². The third kappa shape index (κ3) is 4.38. The molecule has 36 heavy (non-hydrogen) atoms. The number of hydrogen-bond acceptors (Lipinski definition) is 7. The van der Waals surface area contributed by atoms with Gasteiger partial charge in [-0.05, 0) is 38.5 Å². The third-order valence-corrected chi connectivity index (χ3v) is 6.15. The number of anilines is 1. The molecule has 1 amide bonds. The van der Waals surface area contributed by atoms with E-state index < -0.39 is 35.5 Å². The van der Waals surface area contributed by atoms with Crippen molar-refractivity contribution in [3.8, 4) is 6.01 Å². The molecule has 1 aromatic heterocycles.